The molecule has 1 fully saturated rings. The zero-order valence-corrected chi connectivity index (χ0v) is 15.0. The van der Waals surface area contributed by atoms with Gasteiger partial charge in [-0.2, -0.15) is 0 Å². The van der Waals surface area contributed by atoms with E-state index in [9.17, 15) is 9.59 Å². The molecule has 4 nitrogen and oxygen atoms in total. The molecule has 0 aromatic heterocycles. The van der Waals surface area contributed by atoms with Crippen LogP contribution >= 0.6 is 15.9 Å². The monoisotopic (exact) mass is 366 g/mol. The molecule has 120 valence electrons. The van der Waals surface area contributed by atoms with Gasteiger partial charge in [0.15, 0.2) is 0 Å². The molecule has 0 saturated heterocycles. The fraction of sp³-hybridized carbons (Fsp3) is 0.529. The van der Waals surface area contributed by atoms with Crippen molar-refractivity contribution in [3.05, 3.63) is 34.3 Å². The summed E-state index contributed by atoms with van der Waals surface area (Å²) >= 11 is 3.40. The van der Waals surface area contributed by atoms with Gasteiger partial charge in [0, 0.05) is 36.4 Å². The van der Waals surface area contributed by atoms with Crippen molar-refractivity contribution < 1.29 is 9.59 Å². The molecule has 0 radical (unpaired) electrons. The Morgan fingerprint density at radius 1 is 1.18 bits per heavy atom. The van der Waals surface area contributed by atoms with Crippen LogP contribution in [0.1, 0.15) is 24.8 Å². The molecule has 0 spiro atoms. The number of hydrogen-bond acceptors (Lipinski definition) is 3. The lowest BCUT2D eigenvalue weighted by Gasteiger charge is -2.40. The minimum atomic E-state index is 0.105. The third-order valence-electron chi connectivity index (χ3n) is 4.42. The second-order valence-electron chi connectivity index (χ2n) is 6.19. The van der Waals surface area contributed by atoms with Crippen molar-refractivity contribution in [2.24, 2.45) is 0 Å². The summed E-state index contributed by atoms with van der Waals surface area (Å²) in [5, 5.41) is 0. The first-order valence-corrected chi connectivity index (χ1v) is 8.36. The molecule has 1 aliphatic rings. The smallest absolute Gasteiger partial charge is 0.227 e. The van der Waals surface area contributed by atoms with Crippen LogP contribution in [0.3, 0.4) is 0 Å². The zero-order valence-electron chi connectivity index (χ0n) is 13.4. The number of halogens is 1. The highest BCUT2D eigenvalue weighted by molar-refractivity contribution is 9.10. The van der Waals surface area contributed by atoms with E-state index in [0.717, 1.165) is 16.5 Å². The summed E-state index contributed by atoms with van der Waals surface area (Å²) in [5.41, 5.74) is 1.01. The first-order valence-electron chi connectivity index (χ1n) is 7.56. The van der Waals surface area contributed by atoms with Crippen molar-refractivity contribution in [2.75, 3.05) is 21.1 Å². The van der Waals surface area contributed by atoms with Gasteiger partial charge in [-0.05, 0) is 38.2 Å². The lowest BCUT2D eigenvalue weighted by Crippen LogP contribution is -2.53. The minimum absolute atomic E-state index is 0.105. The van der Waals surface area contributed by atoms with Gasteiger partial charge in [-0.25, -0.2) is 0 Å². The third kappa shape index (κ3) is 4.17. The van der Waals surface area contributed by atoms with Crippen LogP contribution in [0.15, 0.2) is 28.7 Å². The largest absolute Gasteiger partial charge is 0.341 e. The summed E-state index contributed by atoms with van der Waals surface area (Å²) in [5.74, 6) is 0.400. The predicted molar refractivity (Wildman–Crippen MR) is 90.7 cm³/mol. The van der Waals surface area contributed by atoms with Gasteiger partial charge in [0.05, 0.1) is 6.42 Å². The van der Waals surface area contributed by atoms with Crippen LogP contribution in [-0.2, 0) is 16.0 Å². The Morgan fingerprint density at radius 3 is 2.41 bits per heavy atom. The molecular weight excluding hydrogens is 344 g/mol. The van der Waals surface area contributed by atoms with Gasteiger partial charge in [-0.1, -0.05) is 28.1 Å². The molecule has 0 heterocycles. The lowest BCUT2D eigenvalue weighted by atomic mass is 9.87. The number of likely N-dealkylation sites (N-methyl/N-ethyl adjacent to an activating group) is 2. The Bertz CT molecular complexity index is 542. The zero-order chi connectivity index (χ0) is 16.3. The number of carbonyl (C=O) groups excluding carboxylic acids is 2. The number of rotatable bonds is 4. The second-order valence-corrected chi connectivity index (χ2v) is 7.10. The van der Waals surface area contributed by atoms with Gasteiger partial charge in [-0.3, -0.25) is 9.59 Å². The quantitative estimate of drug-likeness (QED) is 0.821. The van der Waals surface area contributed by atoms with Crippen molar-refractivity contribution >= 4 is 27.6 Å². The van der Waals surface area contributed by atoms with E-state index in [4.69, 9.17) is 0 Å². The molecule has 2 atom stereocenters. The summed E-state index contributed by atoms with van der Waals surface area (Å²) in [7, 11) is 5.81. The van der Waals surface area contributed by atoms with Crippen LogP contribution < -0.4 is 0 Å². The van der Waals surface area contributed by atoms with Gasteiger partial charge in [0.1, 0.15) is 5.78 Å². The number of hydrogen-bond donors (Lipinski definition) is 0. The summed E-state index contributed by atoms with van der Waals surface area (Å²) < 4.78 is 1.01. The van der Waals surface area contributed by atoms with Crippen LogP contribution in [0, 0.1) is 0 Å². The van der Waals surface area contributed by atoms with E-state index in [1.165, 1.54) is 0 Å². The number of amides is 1. The molecule has 2 rings (SSSR count). The molecule has 0 N–H and O–H groups in total. The molecule has 1 aromatic rings. The van der Waals surface area contributed by atoms with Crippen molar-refractivity contribution in [3.63, 3.8) is 0 Å². The maximum Gasteiger partial charge on any atom is 0.227 e. The van der Waals surface area contributed by atoms with Crippen molar-refractivity contribution in [1.82, 2.24) is 9.80 Å². The second kappa shape index (κ2) is 7.38. The summed E-state index contributed by atoms with van der Waals surface area (Å²) in [6.45, 7) is 0. The first-order chi connectivity index (χ1) is 10.4. The van der Waals surface area contributed by atoms with Crippen molar-refractivity contribution in [1.29, 1.82) is 0 Å². The molecule has 5 heteroatoms. The van der Waals surface area contributed by atoms with E-state index < -0.39 is 0 Å². The fourth-order valence-corrected chi connectivity index (χ4v) is 3.30. The number of benzene rings is 1. The van der Waals surface area contributed by atoms with E-state index in [0.29, 0.717) is 25.0 Å². The molecule has 22 heavy (non-hydrogen) atoms. The standard InChI is InChI=1S/C17H23BrN2O2/c1-19(2)16-11-14(21)8-9-15(16)20(3)17(22)10-12-4-6-13(18)7-5-12/h4-7,15-16H,8-11H2,1-3H3. The lowest BCUT2D eigenvalue weighted by molar-refractivity contribution is -0.136. The molecule has 1 aliphatic carbocycles. The molecule has 0 aliphatic heterocycles. The van der Waals surface area contributed by atoms with Crippen LogP contribution in [0.2, 0.25) is 0 Å². The first kappa shape index (κ1) is 17.2. The van der Waals surface area contributed by atoms with Gasteiger partial charge < -0.3 is 9.80 Å². The highest BCUT2D eigenvalue weighted by Gasteiger charge is 2.35. The van der Waals surface area contributed by atoms with E-state index in [-0.39, 0.29) is 18.0 Å². The Balaban J connectivity index is 2.05. The number of nitrogens with zero attached hydrogens (tertiary/aromatic N) is 2. The minimum Gasteiger partial charge on any atom is -0.341 e. The number of Topliss-reactive ketones (excluding diaryl/α,β-unsaturated/α-hetero) is 1. The maximum atomic E-state index is 12.6. The van der Waals surface area contributed by atoms with Crippen molar-refractivity contribution in [2.45, 2.75) is 37.8 Å². The van der Waals surface area contributed by atoms with E-state index >= 15 is 0 Å². The van der Waals surface area contributed by atoms with E-state index in [1.807, 2.05) is 50.3 Å². The summed E-state index contributed by atoms with van der Waals surface area (Å²) in [6, 6.07) is 8.04. The molecule has 1 amide bonds. The Hall–Kier alpha value is -1.20. The van der Waals surface area contributed by atoms with Gasteiger partial charge in [0.2, 0.25) is 5.91 Å². The molecule has 0 bridgehead atoms. The van der Waals surface area contributed by atoms with Gasteiger partial charge >= 0.3 is 0 Å². The van der Waals surface area contributed by atoms with E-state index in [2.05, 4.69) is 20.8 Å². The van der Waals surface area contributed by atoms with Crippen LogP contribution in [0.25, 0.3) is 0 Å². The van der Waals surface area contributed by atoms with Crippen LogP contribution in [0.4, 0.5) is 0 Å². The number of carbonyl (C=O) groups is 2. The van der Waals surface area contributed by atoms with Gasteiger partial charge in [0.25, 0.3) is 0 Å². The molecule has 1 saturated carbocycles. The van der Waals surface area contributed by atoms with E-state index in [1.54, 1.807) is 0 Å². The Labute approximate surface area is 140 Å². The predicted octanol–water partition coefficient (Wildman–Crippen LogP) is 2.50. The Morgan fingerprint density at radius 2 is 1.82 bits per heavy atom. The maximum absolute atomic E-state index is 12.6. The fourth-order valence-electron chi connectivity index (χ4n) is 3.04. The molecule has 1 aromatic carbocycles. The molecular formula is C17H23BrN2O2. The summed E-state index contributed by atoms with van der Waals surface area (Å²) in [4.78, 5) is 28.2. The molecule has 2 unspecified atom stereocenters. The van der Waals surface area contributed by atoms with Gasteiger partial charge in [-0.15, -0.1) is 0 Å². The normalized spacial score (nSPS) is 22.0. The number of ketones is 1. The van der Waals surface area contributed by atoms with Crippen LogP contribution in [-0.4, -0.2) is 54.7 Å². The average molecular weight is 367 g/mol. The van der Waals surface area contributed by atoms with Crippen molar-refractivity contribution in [3.8, 4) is 0 Å². The third-order valence-corrected chi connectivity index (χ3v) is 4.95. The average Bonchev–Trinajstić information content (AvgIpc) is 2.48. The summed E-state index contributed by atoms with van der Waals surface area (Å²) in [6.07, 6.45) is 2.26. The topological polar surface area (TPSA) is 40.6 Å². The SMILES string of the molecule is CN(C)C1CC(=O)CCC1N(C)C(=O)Cc1ccc(Br)cc1. The van der Waals surface area contributed by atoms with Crippen LogP contribution in [0.5, 0.6) is 0 Å². The highest BCUT2D eigenvalue weighted by Crippen LogP contribution is 2.24. The Kier molecular flexibility index (Phi) is 5.75. The highest BCUT2D eigenvalue weighted by atomic mass is 79.9.